The van der Waals surface area contributed by atoms with Gasteiger partial charge in [-0.25, -0.2) is 13.6 Å². The number of piperazine rings is 1. The predicted octanol–water partition coefficient (Wildman–Crippen LogP) is 6.23. The zero-order valence-corrected chi connectivity index (χ0v) is 25.5. The van der Waals surface area contributed by atoms with Gasteiger partial charge in [-0.1, -0.05) is 50.2 Å². The molecule has 0 spiro atoms. The van der Waals surface area contributed by atoms with Crippen molar-refractivity contribution < 1.29 is 23.0 Å². The molecule has 1 saturated heterocycles. The van der Waals surface area contributed by atoms with E-state index in [0.717, 1.165) is 11.6 Å². The number of anilines is 1. The standard InChI is InChI=1S/C33H31ClF2N4O4/c1-6-25(41)38-12-13-39(18(4)15-38)32-21-14-22(34)27-26-19(10-11-23(35)28(26)36)16-44-31(27)30(21)40(33(42)37-32)29-20(17(2)3)8-7-9-24(29)43-5/h6-11,14,17-18H,1,12-13,15-16H2,2-5H3/t18-/m0/s1. The zero-order chi connectivity index (χ0) is 31.4. The lowest BCUT2D eigenvalue weighted by Gasteiger charge is -2.40. The molecule has 4 aromatic rings. The van der Waals surface area contributed by atoms with Crippen molar-refractivity contribution in [2.75, 3.05) is 31.6 Å². The number of carbonyl (C=O) groups excluding carboxylic acids is 1. The number of para-hydroxylation sites is 1. The summed E-state index contributed by atoms with van der Waals surface area (Å²) in [5.41, 5.74) is 1.53. The monoisotopic (exact) mass is 620 g/mol. The van der Waals surface area contributed by atoms with Crippen LogP contribution in [0.3, 0.4) is 0 Å². The van der Waals surface area contributed by atoms with Gasteiger partial charge in [0.05, 0.1) is 17.8 Å². The minimum Gasteiger partial charge on any atom is -0.495 e. The Morgan fingerprint density at radius 2 is 1.98 bits per heavy atom. The molecular weight excluding hydrogens is 590 g/mol. The van der Waals surface area contributed by atoms with Crippen molar-refractivity contribution >= 4 is 34.2 Å². The number of amides is 1. The molecule has 2 aliphatic heterocycles. The number of ether oxygens (including phenoxy) is 2. The summed E-state index contributed by atoms with van der Waals surface area (Å²) in [6, 6.07) is 9.41. The smallest absolute Gasteiger partial charge is 0.354 e. The van der Waals surface area contributed by atoms with Crippen LogP contribution >= 0.6 is 11.6 Å². The average Bonchev–Trinajstić information content (AvgIpc) is 3.01. The van der Waals surface area contributed by atoms with Crippen molar-refractivity contribution in [2.24, 2.45) is 0 Å². The quantitative estimate of drug-likeness (QED) is 0.246. The van der Waals surface area contributed by atoms with Crippen molar-refractivity contribution in [3.05, 3.63) is 87.3 Å². The molecule has 1 amide bonds. The van der Waals surface area contributed by atoms with Crippen molar-refractivity contribution in [2.45, 2.75) is 39.3 Å². The Labute approximate surface area is 258 Å². The highest BCUT2D eigenvalue weighted by atomic mass is 35.5. The number of hydrogen-bond donors (Lipinski definition) is 0. The van der Waals surface area contributed by atoms with Gasteiger partial charge in [-0.3, -0.25) is 9.36 Å². The Kier molecular flexibility index (Phi) is 7.57. The van der Waals surface area contributed by atoms with Crippen molar-refractivity contribution in [1.82, 2.24) is 14.5 Å². The van der Waals surface area contributed by atoms with Crippen molar-refractivity contribution in [3.8, 4) is 28.3 Å². The second-order valence-electron chi connectivity index (χ2n) is 11.3. The van der Waals surface area contributed by atoms with Crippen LogP contribution in [0, 0.1) is 11.6 Å². The molecule has 3 aromatic carbocycles. The largest absolute Gasteiger partial charge is 0.495 e. The number of nitrogens with zero attached hydrogens (tertiary/aromatic N) is 4. The SMILES string of the molecule is C=CC(=O)N1CCN(c2nc(=O)n(-c3c(OC)cccc3C(C)C)c3c4c(c(Cl)cc23)-c2c(ccc(F)c2F)CO4)[C@@H](C)C1. The molecule has 0 aliphatic carbocycles. The van der Waals surface area contributed by atoms with Gasteiger partial charge in [-0.05, 0) is 42.7 Å². The Balaban J connectivity index is 1.72. The molecule has 8 nitrogen and oxygen atoms in total. The highest BCUT2D eigenvalue weighted by molar-refractivity contribution is 6.35. The fraction of sp³-hybridized carbons (Fsp3) is 0.303. The first-order valence-electron chi connectivity index (χ1n) is 14.3. The normalized spacial score (nSPS) is 16.0. The average molecular weight is 621 g/mol. The third kappa shape index (κ3) is 4.59. The third-order valence-electron chi connectivity index (χ3n) is 8.35. The highest BCUT2D eigenvalue weighted by Gasteiger charge is 2.34. The van der Waals surface area contributed by atoms with E-state index in [1.165, 1.54) is 23.8 Å². The minimum atomic E-state index is -1.05. The maximum absolute atomic E-state index is 15.4. The summed E-state index contributed by atoms with van der Waals surface area (Å²) in [7, 11) is 1.51. The second kappa shape index (κ2) is 11.2. The summed E-state index contributed by atoms with van der Waals surface area (Å²) in [6.07, 6.45) is 1.28. The number of hydrogen-bond acceptors (Lipinski definition) is 6. The lowest BCUT2D eigenvalue weighted by atomic mass is 9.94. The first kappa shape index (κ1) is 29.6. The number of rotatable bonds is 5. The van der Waals surface area contributed by atoms with Gasteiger partial charge in [0.25, 0.3) is 0 Å². The Morgan fingerprint density at radius 1 is 1.20 bits per heavy atom. The van der Waals surface area contributed by atoms with Crippen LogP contribution < -0.4 is 20.1 Å². The van der Waals surface area contributed by atoms with E-state index >= 15 is 4.39 Å². The van der Waals surface area contributed by atoms with E-state index in [-0.39, 0.29) is 46.4 Å². The van der Waals surface area contributed by atoms with E-state index in [1.807, 2.05) is 37.8 Å². The summed E-state index contributed by atoms with van der Waals surface area (Å²) in [5, 5.41) is 0.591. The molecule has 1 aromatic heterocycles. The number of aromatic nitrogens is 2. The second-order valence-corrected chi connectivity index (χ2v) is 11.7. The van der Waals surface area contributed by atoms with Crippen LogP contribution in [0.1, 0.15) is 37.8 Å². The molecule has 0 N–H and O–H groups in total. The van der Waals surface area contributed by atoms with Crippen LogP contribution in [0.25, 0.3) is 27.7 Å². The first-order chi connectivity index (χ1) is 21.1. The molecule has 11 heteroatoms. The van der Waals surface area contributed by atoms with Gasteiger partial charge in [-0.2, -0.15) is 4.98 Å². The molecule has 228 valence electrons. The molecule has 1 fully saturated rings. The van der Waals surface area contributed by atoms with E-state index in [2.05, 4.69) is 11.6 Å². The van der Waals surface area contributed by atoms with Crippen molar-refractivity contribution in [1.29, 1.82) is 0 Å². The molecule has 2 aliphatic rings. The number of methoxy groups -OCH3 is 1. The summed E-state index contributed by atoms with van der Waals surface area (Å²) < 4.78 is 43.5. The third-order valence-corrected chi connectivity index (χ3v) is 8.65. The number of benzene rings is 3. The van der Waals surface area contributed by atoms with E-state index < -0.39 is 17.3 Å². The molecule has 0 radical (unpaired) electrons. The lowest BCUT2D eigenvalue weighted by Crippen LogP contribution is -2.54. The highest BCUT2D eigenvalue weighted by Crippen LogP contribution is 2.50. The molecule has 3 heterocycles. The van der Waals surface area contributed by atoms with Gasteiger partial charge < -0.3 is 19.3 Å². The maximum atomic E-state index is 15.4. The molecule has 0 unspecified atom stereocenters. The van der Waals surface area contributed by atoms with Crippen LogP contribution in [-0.2, 0) is 11.4 Å². The molecule has 44 heavy (non-hydrogen) atoms. The summed E-state index contributed by atoms with van der Waals surface area (Å²) in [4.78, 5) is 34.8. The Bertz CT molecular complexity index is 1910. The van der Waals surface area contributed by atoms with E-state index in [0.29, 0.717) is 53.4 Å². The zero-order valence-electron chi connectivity index (χ0n) is 24.8. The maximum Gasteiger partial charge on any atom is 0.354 e. The van der Waals surface area contributed by atoms with Crippen LogP contribution in [-0.4, -0.2) is 53.1 Å². The molecule has 0 saturated carbocycles. The lowest BCUT2D eigenvalue weighted by molar-refractivity contribution is -0.126. The van der Waals surface area contributed by atoms with Gasteiger partial charge in [0.15, 0.2) is 17.4 Å². The van der Waals surface area contributed by atoms with Crippen LogP contribution in [0.4, 0.5) is 14.6 Å². The molecule has 6 rings (SSSR count). The number of carbonyl (C=O) groups is 1. The summed E-state index contributed by atoms with van der Waals surface area (Å²) in [5.74, 6) is -1.36. The number of halogens is 3. The van der Waals surface area contributed by atoms with Gasteiger partial charge in [-0.15, -0.1) is 0 Å². The van der Waals surface area contributed by atoms with Crippen LogP contribution in [0.2, 0.25) is 5.02 Å². The van der Waals surface area contributed by atoms with Gasteiger partial charge in [0, 0.05) is 47.8 Å². The number of fused-ring (bicyclic) bond motifs is 5. The Hall–Kier alpha value is -4.44. The Morgan fingerprint density at radius 3 is 2.66 bits per heavy atom. The molecule has 0 bridgehead atoms. The first-order valence-corrected chi connectivity index (χ1v) is 14.7. The van der Waals surface area contributed by atoms with E-state index in [9.17, 15) is 14.0 Å². The van der Waals surface area contributed by atoms with Gasteiger partial charge in [0.1, 0.15) is 23.7 Å². The van der Waals surface area contributed by atoms with Crippen molar-refractivity contribution in [3.63, 3.8) is 0 Å². The minimum absolute atomic E-state index is 0.00968. The van der Waals surface area contributed by atoms with Gasteiger partial charge in [0.2, 0.25) is 5.91 Å². The molecule has 1 atom stereocenters. The molecular formula is C33H31ClF2N4O4. The van der Waals surface area contributed by atoms with Crippen LogP contribution in [0.15, 0.2) is 53.8 Å². The summed E-state index contributed by atoms with van der Waals surface area (Å²) >= 11 is 6.89. The predicted molar refractivity (Wildman–Crippen MR) is 166 cm³/mol. The fourth-order valence-electron chi connectivity index (χ4n) is 6.25. The van der Waals surface area contributed by atoms with E-state index in [4.69, 9.17) is 21.1 Å². The summed E-state index contributed by atoms with van der Waals surface area (Å²) in [6.45, 7) is 10.6. The van der Waals surface area contributed by atoms with E-state index in [1.54, 1.807) is 17.0 Å². The fourth-order valence-corrected chi connectivity index (χ4v) is 6.54. The van der Waals surface area contributed by atoms with Crippen LogP contribution in [0.5, 0.6) is 11.5 Å². The topological polar surface area (TPSA) is 76.9 Å². The van der Waals surface area contributed by atoms with Gasteiger partial charge >= 0.3 is 5.69 Å².